The van der Waals surface area contributed by atoms with Crippen LogP contribution in [-0.2, 0) is 9.53 Å². The van der Waals surface area contributed by atoms with Gasteiger partial charge >= 0.3 is 0 Å². The molecule has 3 rings (SSSR count). The third kappa shape index (κ3) is 2.32. The van der Waals surface area contributed by atoms with Crippen LogP contribution in [0.2, 0.25) is 5.28 Å². The molecule has 0 saturated carbocycles. The van der Waals surface area contributed by atoms with Crippen molar-refractivity contribution in [2.24, 2.45) is 5.73 Å². The van der Waals surface area contributed by atoms with Crippen LogP contribution in [0.4, 0.5) is 5.82 Å². The Morgan fingerprint density at radius 3 is 3.15 bits per heavy atom. The minimum absolute atomic E-state index is 0.170. The normalized spacial score (nSPS) is 19.5. The second-order valence-electron chi connectivity index (χ2n) is 4.58. The number of nitrogens with two attached hydrogens (primary N) is 1. The second-order valence-corrected chi connectivity index (χ2v) is 6.15. The summed E-state index contributed by atoms with van der Waals surface area (Å²) in [5.74, 6) is 0.219. The number of rotatable bonds is 2. The summed E-state index contributed by atoms with van der Waals surface area (Å²) < 4.78 is 5.33. The molecule has 2 aromatic rings. The summed E-state index contributed by atoms with van der Waals surface area (Å²) in [4.78, 5) is 23.9. The second kappa shape index (κ2) is 5.16. The molecule has 0 aromatic carbocycles. The predicted octanol–water partition coefficient (Wildman–Crippen LogP) is 1.34. The smallest absolute Gasteiger partial charge is 0.242 e. The van der Waals surface area contributed by atoms with E-state index in [1.807, 2.05) is 17.9 Å². The number of ether oxygens (including phenoxy) is 1. The number of halogens is 1. The molecule has 0 bridgehead atoms. The van der Waals surface area contributed by atoms with E-state index in [9.17, 15) is 4.79 Å². The van der Waals surface area contributed by atoms with Crippen molar-refractivity contribution in [3.8, 4) is 0 Å². The molecule has 1 aliphatic rings. The van der Waals surface area contributed by atoms with Crippen LogP contribution >= 0.6 is 22.9 Å². The Kier molecular flexibility index (Phi) is 3.49. The number of aryl methyl sites for hydroxylation is 1. The summed E-state index contributed by atoms with van der Waals surface area (Å²) in [6.07, 6.45) is 0. The molecule has 1 amide bonds. The molecule has 2 N–H and O–H groups in total. The first-order valence-electron chi connectivity index (χ1n) is 6.13. The molecule has 1 saturated heterocycles. The number of fused-ring (bicyclic) bond motifs is 1. The number of primary amides is 1. The van der Waals surface area contributed by atoms with E-state index < -0.39 is 11.9 Å². The lowest BCUT2D eigenvalue weighted by molar-refractivity contribution is -0.121. The largest absolute Gasteiger partial charge is 0.377 e. The van der Waals surface area contributed by atoms with Gasteiger partial charge in [-0.2, -0.15) is 4.98 Å². The standard InChI is InChI=1S/C12H13ClN4O2S/c1-6-4-7-10(15-12(13)16-11(7)20-6)17-2-3-19-5-8(17)9(14)18/h4,8H,2-3,5H2,1H3,(H2,14,18). The van der Waals surface area contributed by atoms with E-state index >= 15 is 0 Å². The fourth-order valence-corrected chi connectivity index (χ4v) is 3.40. The van der Waals surface area contributed by atoms with Gasteiger partial charge in [-0.15, -0.1) is 11.3 Å². The maximum Gasteiger partial charge on any atom is 0.242 e. The summed E-state index contributed by atoms with van der Waals surface area (Å²) in [6, 6.07) is 1.47. The van der Waals surface area contributed by atoms with Crippen molar-refractivity contribution in [2.75, 3.05) is 24.7 Å². The Morgan fingerprint density at radius 2 is 2.40 bits per heavy atom. The van der Waals surface area contributed by atoms with Gasteiger partial charge < -0.3 is 15.4 Å². The predicted molar refractivity (Wildman–Crippen MR) is 78.3 cm³/mol. The lowest BCUT2D eigenvalue weighted by atomic mass is 10.2. The molecule has 8 heteroatoms. The van der Waals surface area contributed by atoms with Gasteiger partial charge in [0.25, 0.3) is 0 Å². The first kappa shape index (κ1) is 13.5. The van der Waals surface area contributed by atoms with E-state index in [0.29, 0.717) is 19.0 Å². The molecule has 106 valence electrons. The molecule has 20 heavy (non-hydrogen) atoms. The molecular weight excluding hydrogens is 300 g/mol. The number of hydrogen-bond acceptors (Lipinski definition) is 6. The van der Waals surface area contributed by atoms with Gasteiger partial charge in [-0.05, 0) is 24.6 Å². The van der Waals surface area contributed by atoms with Crippen LogP contribution in [0.25, 0.3) is 10.2 Å². The zero-order valence-electron chi connectivity index (χ0n) is 10.8. The number of anilines is 1. The third-order valence-electron chi connectivity index (χ3n) is 3.20. The fourth-order valence-electron chi connectivity index (χ4n) is 2.31. The van der Waals surface area contributed by atoms with Gasteiger partial charge in [-0.3, -0.25) is 4.79 Å². The summed E-state index contributed by atoms with van der Waals surface area (Å²) in [6.45, 7) is 3.33. The Morgan fingerprint density at radius 1 is 1.60 bits per heavy atom. The van der Waals surface area contributed by atoms with E-state index in [0.717, 1.165) is 15.1 Å². The van der Waals surface area contributed by atoms with Gasteiger partial charge in [0, 0.05) is 11.4 Å². The van der Waals surface area contributed by atoms with Gasteiger partial charge in [0.2, 0.25) is 11.2 Å². The number of morpholine rings is 1. The zero-order chi connectivity index (χ0) is 14.3. The topological polar surface area (TPSA) is 81.3 Å². The van der Waals surface area contributed by atoms with Crippen molar-refractivity contribution in [3.63, 3.8) is 0 Å². The number of aromatic nitrogens is 2. The lowest BCUT2D eigenvalue weighted by Gasteiger charge is -2.34. The van der Waals surface area contributed by atoms with Crippen LogP contribution in [0, 0.1) is 6.92 Å². The molecule has 0 spiro atoms. The van der Waals surface area contributed by atoms with E-state index in [1.165, 1.54) is 0 Å². The molecule has 1 unspecified atom stereocenters. The van der Waals surface area contributed by atoms with Gasteiger partial charge in [0.1, 0.15) is 16.7 Å². The first-order valence-corrected chi connectivity index (χ1v) is 7.33. The Labute approximate surface area is 124 Å². The molecule has 1 fully saturated rings. The van der Waals surface area contributed by atoms with Crippen LogP contribution < -0.4 is 10.6 Å². The Hall–Kier alpha value is -1.44. The average Bonchev–Trinajstić information content (AvgIpc) is 2.77. The molecule has 6 nitrogen and oxygen atoms in total. The van der Waals surface area contributed by atoms with Gasteiger partial charge in [0.05, 0.1) is 18.6 Å². The van der Waals surface area contributed by atoms with Crippen molar-refractivity contribution in [1.29, 1.82) is 0 Å². The number of amides is 1. The summed E-state index contributed by atoms with van der Waals surface area (Å²) in [5.41, 5.74) is 5.45. The van der Waals surface area contributed by atoms with Gasteiger partial charge in [-0.1, -0.05) is 0 Å². The zero-order valence-corrected chi connectivity index (χ0v) is 12.4. The average molecular weight is 313 g/mol. The first-order chi connectivity index (χ1) is 9.56. The van der Waals surface area contributed by atoms with Crippen molar-refractivity contribution >= 4 is 44.9 Å². The highest BCUT2D eigenvalue weighted by molar-refractivity contribution is 7.18. The Balaban J connectivity index is 2.14. The fraction of sp³-hybridized carbons (Fsp3) is 0.417. The highest BCUT2D eigenvalue weighted by atomic mass is 35.5. The molecule has 1 aliphatic heterocycles. The van der Waals surface area contributed by atoms with Crippen molar-refractivity contribution < 1.29 is 9.53 Å². The van der Waals surface area contributed by atoms with Crippen molar-refractivity contribution in [3.05, 3.63) is 16.2 Å². The third-order valence-corrected chi connectivity index (χ3v) is 4.31. The minimum atomic E-state index is -0.530. The molecule has 0 radical (unpaired) electrons. The number of carbonyl (C=O) groups is 1. The lowest BCUT2D eigenvalue weighted by Crippen LogP contribution is -2.53. The minimum Gasteiger partial charge on any atom is -0.377 e. The van der Waals surface area contributed by atoms with Crippen molar-refractivity contribution in [2.45, 2.75) is 13.0 Å². The van der Waals surface area contributed by atoms with E-state index in [1.54, 1.807) is 11.3 Å². The van der Waals surface area contributed by atoms with Crippen LogP contribution in [0.15, 0.2) is 6.07 Å². The van der Waals surface area contributed by atoms with Crippen LogP contribution in [0.1, 0.15) is 4.88 Å². The quantitative estimate of drug-likeness (QED) is 0.846. The van der Waals surface area contributed by atoms with E-state index in [4.69, 9.17) is 22.1 Å². The van der Waals surface area contributed by atoms with Crippen molar-refractivity contribution in [1.82, 2.24) is 9.97 Å². The highest BCUT2D eigenvalue weighted by Crippen LogP contribution is 2.33. The molecular formula is C12H13ClN4O2S. The molecule has 0 aliphatic carbocycles. The maximum absolute atomic E-state index is 11.6. The molecule has 1 atom stereocenters. The van der Waals surface area contributed by atoms with Crippen LogP contribution in [0.3, 0.4) is 0 Å². The number of carbonyl (C=O) groups excluding carboxylic acids is 1. The van der Waals surface area contributed by atoms with E-state index in [2.05, 4.69) is 9.97 Å². The number of nitrogens with zero attached hydrogens (tertiary/aromatic N) is 3. The Bertz CT molecular complexity index is 675. The number of thiophene rings is 1. The highest BCUT2D eigenvalue weighted by Gasteiger charge is 2.30. The van der Waals surface area contributed by atoms with Crippen LogP contribution in [-0.4, -0.2) is 41.7 Å². The van der Waals surface area contributed by atoms with Gasteiger partial charge in [0.15, 0.2) is 0 Å². The summed E-state index contributed by atoms with van der Waals surface area (Å²) in [7, 11) is 0. The van der Waals surface area contributed by atoms with Crippen LogP contribution in [0.5, 0.6) is 0 Å². The van der Waals surface area contributed by atoms with E-state index in [-0.39, 0.29) is 11.9 Å². The summed E-state index contributed by atoms with van der Waals surface area (Å²) in [5, 5.41) is 1.06. The molecule has 2 aromatic heterocycles. The maximum atomic E-state index is 11.6. The monoisotopic (exact) mass is 312 g/mol. The number of hydrogen-bond donors (Lipinski definition) is 1. The SMILES string of the molecule is Cc1cc2c(N3CCOCC3C(N)=O)nc(Cl)nc2s1. The molecule has 3 heterocycles. The summed E-state index contributed by atoms with van der Waals surface area (Å²) >= 11 is 7.53. The van der Waals surface area contributed by atoms with Gasteiger partial charge in [-0.25, -0.2) is 4.98 Å².